The summed E-state index contributed by atoms with van der Waals surface area (Å²) in [7, 11) is -3.26. The summed E-state index contributed by atoms with van der Waals surface area (Å²) in [5.74, 6) is -2.25. The highest BCUT2D eigenvalue weighted by Gasteiger charge is 2.43. The number of rotatable bonds is 4. The summed E-state index contributed by atoms with van der Waals surface area (Å²) < 4.78 is 24.0. The van der Waals surface area contributed by atoms with Crippen LogP contribution in [0.25, 0.3) is 0 Å². The van der Waals surface area contributed by atoms with E-state index in [9.17, 15) is 18.0 Å². The summed E-state index contributed by atoms with van der Waals surface area (Å²) >= 11 is 3.33. The van der Waals surface area contributed by atoms with Gasteiger partial charge in [0.1, 0.15) is 11.7 Å². The average Bonchev–Trinajstić information content (AvgIpc) is 2.65. The predicted molar refractivity (Wildman–Crippen MR) is 79.3 cm³/mol. The highest BCUT2D eigenvalue weighted by molar-refractivity contribution is 9.10. The van der Waals surface area contributed by atoms with Gasteiger partial charge >= 0.3 is 0 Å². The van der Waals surface area contributed by atoms with E-state index in [2.05, 4.69) is 15.9 Å². The molecule has 0 heterocycles. The van der Waals surface area contributed by atoms with Gasteiger partial charge in [0.15, 0.2) is 15.6 Å². The molecule has 2 atom stereocenters. The highest BCUT2D eigenvalue weighted by Crippen LogP contribution is 2.36. The van der Waals surface area contributed by atoms with Gasteiger partial charge in [0.25, 0.3) is 0 Å². The fraction of sp³-hybridized carbons (Fsp3) is 0.429. The first-order chi connectivity index (χ1) is 9.35. The van der Waals surface area contributed by atoms with E-state index < -0.39 is 21.7 Å². The zero-order valence-corrected chi connectivity index (χ0v) is 13.4. The van der Waals surface area contributed by atoms with Crippen LogP contribution in [0.4, 0.5) is 0 Å². The Morgan fingerprint density at radius 2 is 1.90 bits per heavy atom. The van der Waals surface area contributed by atoms with Gasteiger partial charge in [0, 0.05) is 22.6 Å². The van der Waals surface area contributed by atoms with E-state index >= 15 is 0 Å². The van der Waals surface area contributed by atoms with E-state index in [-0.39, 0.29) is 29.5 Å². The van der Waals surface area contributed by atoms with Crippen molar-refractivity contribution in [2.24, 2.45) is 5.92 Å². The van der Waals surface area contributed by atoms with Crippen LogP contribution in [0, 0.1) is 5.92 Å². The molecular formula is C14H15BrO4S. The molecular weight excluding hydrogens is 344 g/mol. The standard InChI is InChI=1S/C14H15BrO4S/c1-2-20(18,19)8-9-7-12(16)13(14(9)17)10-5-3-4-6-11(10)15/h3-6,9,13H,2,7-8H2,1H3. The Hall–Kier alpha value is -1.01. The van der Waals surface area contributed by atoms with Gasteiger partial charge in [-0.2, -0.15) is 0 Å². The van der Waals surface area contributed by atoms with E-state index in [1.807, 2.05) is 0 Å². The van der Waals surface area contributed by atoms with Crippen molar-refractivity contribution in [3.63, 3.8) is 0 Å². The fourth-order valence-electron chi connectivity index (χ4n) is 2.46. The number of halogens is 1. The molecule has 1 aliphatic rings. The average molecular weight is 359 g/mol. The third kappa shape index (κ3) is 3.01. The summed E-state index contributed by atoms with van der Waals surface area (Å²) in [6.45, 7) is 1.54. The van der Waals surface area contributed by atoms with Crippen molar-refractivity contribution in [2.45, 2.75) is 19.3 Å². The monoisotopic (exact) mass is 358 g/mol. The maximum absolute atomic E-state index is 12.4. The lowest BCUT2D eigenvalue weighted by molar-refractivity contribution is -0.124. The van der Waals surface area contributed by atoms with Crippen LogP contribution < -0.4 is 0 Å². The van der Waals surface area contributed by atoms with Crippen molar-refractivity contribution in [2.75, 3.05) is 11.5 Å². The first kappa shape index (κ1) is 15.4. The summed E-state index contributed by atoms with van der Waals surface area (Å²) in [4.78, 5) is 24.4. The van der Waals surface area contributed by atoms with Crippen molar-refractivity contribution in [3.8, 4) is 0 Å². The molecule has 108 valence electrons. The fourth-order valence-corrected chi connectivity index (χ4v) is 4.10. The van der Waals surface area contributed by atoms with E-state index in [1.54, 1.807) is 31.2 Å². The third-order valence-electron chi connectivity index (χ3n) is 3.57. The second-order valence-electron chi connectivity index (χ2n) is 4.92. The minimum atomic E-state index is -3.26. The number of hydrogen-bond donors (Lipinski definition) is 0. The molecule has 0 aliphatic heterocycles. The minimum Gasteiger partial charge on any atom is -0.298 e. The molecule has 0 bridgehead atoms. The normalized spacial score (nSPS) is 23.3. The van der Waals surface area contributed by atoms with Crippen LogP contribution in [0.1, 0.15) is 24.8 Å². The number of benzene rings is 1. The van der Waals surface area contributed by atoms with Crippen molar-refractivity contribution in [1.82, 2.24) is 0 Å². The molecule has 1 saturated carbocycles. The molecule has 0 aromatic heterocycles. The molecule has 0 spiro atoms. The molecule has 1 aromatic rings. The summed E-state index contributed by atoms with van der Waals surface area (Å²) in [6.07, 6.45) is 0.0179. The molecule has 20 heavy (non-hydrogen) atoms. The quantitative estimate of drug-likeness (QED) is 0.773. The smallest absolute Gasteiger partial charge is 0.152 e. The van der Waals surface area contributed by atoms with Gasteiger partial charge in [-0.25, -0.2) is 8.42 Å². The number of carbonyl (C=O) groups is 2. The molecule has 0 radical (unpaired) electrons. The topological polar surface area (TPSA) is 68.3 Å². The maximum atomic E-state index is 12.4. The maximum Gasteiger partial charge on any atom is 0.152 e. The van der Waals surface area contributed by atoms with Crippen LogP contribution >= 0.6 is 15.9 Å². The molecule has 0 saturated heterocycles. The Labute approximate surface area is 126 Å². The van der Waals surface area contributed by atoms with Crippen LogP contribution in [0.2, 0.25) is 0 Å². The first-order valence-electron chi connectivity index (χ1n) is 6.37. The van der Waals surface area contributed by atoms with Crippen molar-refractivity contribution >= 4 is 37.3 Å². The Morgan fingerprint density at radius 3 is 2.50 bits per heavy atom. The molecule has 4 nitrogen and oxygen atoms in total. The summed E-state index contributed by atoms with van der Waals surface area (Å²) in [5.41, 5.74) is 0.624. The summed E-state index contributed by atoms with van der Waals surface area (Å²) in [6, 6.07) is 7.06. The van der Waals surface area contributed by atoms with Gasteiger partial charge in [-0.1, -0.05) is 41.1 Å². The highest BCUT2D eigenvalue weighted by atomic mass is 79.9. The SMILES string of the molecule is CCS(=O)(=O)CC1CC(=O)C(c2ccccc2Br)C1=O. The van der Waals surface area contributed by atoms with Gasteiger partial charge < -0.3 is 0 Å². The zero-order valence-electron chi connectivity index (χ0n) is 11.0. The predicted octanol–water partition coefficient (Wildman–Crippen LogP) is 2.13. The van der Waals surface area contributed by atoms with Crippen LogP contribution in [-0.2, 0) is 19.4 Å². The molecule has 6 heteroatoms. The van der Waals surface area contributed by atoms with E-state index in [0.717, 1.165) is 0 Å². The van der Waals surface area contributed by atoms with Gasteiger partial charge in [-0.3, -0.25) is 9.59 Å². The lowest BCUT2D eigenvalue weighted by Gasteiger charge is -2.11. The van der Waals surface area contributed by atoms with Crippen molar-refractivity contribution < 1.29 is 18.0 Å². The van der Waals surface area contributed by atoms with Crippen molar-refractivity contribution in [3.05, 3.63) is 34.3 Å². The Kier molecular flexibility index (Phi) is 4.44. The number of Topliss-reactive ketones (excluding diaryl/α,β-unsaturated/α-hetero) is 2. The van der Waals surface area contributed by atoms with Gasteiger partial charge in [-0.15, -0.1) is 0 Å². The van der Waals surface area contributed by atoms with Gasteiger partial charge in [0.2, 0.25) is 0 Å². The van der Waals surface area contributed by atoms with Crippen LogP contribution in [0.15, 0.2) is 28.7 Å². The summed E-state index contributed by atoms with van der Waals surface area (Å²) in [5, 5.41) is 0. The number of carbonyl (C=O) groups excluding carboxylic acids is 2. The van der Waals surface area contributed by atoms with Crippen molar-refractivity contribution in [1.29, 1.82) is 0 Å². The number of sulfone groups is 1. The minimum absolute atomic E-state index is 0.00926. The molecule has 2 rings (SSSR count). The molecule has 1 fully saturated rings. The Balaban J connectivity index is 2.29. The lowest BCUT2D eigenvalue weighted by atomic mass is 9.95. The second-order valence-corrected chi connectivity index (χ2v) is 8.18. The molecule has 1 aliphatic carbocycles. The lowest BCUT2D eigenvalue weighted by Crippen LogP contribution is -2.23. The molecule has 0 N–H and O–H groups in total. The Morgan fingerprint density at radius 1 is 1.25 bits per heavy atom. The molecule has 2 unspecified atom stereocenters. The largest absolute Gasteiger partial charge is 0.298 e. The van der Waals surface area contributed by atoms with Crippen LogP contribution in [0.3, 0.4) is 0 Å². The van der Waals surface area contributed by atoms with Crippen LogP contribution in [0.5, 0.6) is 0 Å². The van der Waals surface area contributed by atoms with E-state index in [0.29, 0.717) is 10.0 Å². The Bertz CT molecular complexity index is 651. The number of ketones is 2. The number of hydrogen-bond acceptors (Lipinski definition) is 4. The van der Waals surface area contributed by atoms with E-state index in [1.165, 1.54) is 0 Å². The second kappa shape index (κ2) is 5.77. The molecule has 1 aromatic carbocycles. The first-order valence-corrected chi connectivity index (χ1v) is 8.98. The van der Waals surface area contributed by atoms with Gasteiger partial charge in [0.05, 0.1) is 5.75 Å². The van der Waals surface area contributed by atoms with Crippen LogP contribution in [-0.4, -0.2) is 31.5 Å². The van der Waals surface area contributed by atoms with E-state index in [4.69, 9.17) is 0 Å². The van der Waals surface area contributed by atoms with Gasteiger partial charge in [-0.05, 0) is 11.6 Å². The third-order valence-corrected chi connectivity index (χ3v) is 6.08. The molecule has 0 amide bonds. The zero-order chi connectivity index (χ0) is 14.9.